The fourth-order valence-electron chi connectivity index (χ4n) is 3.00. The van der Waals surface area contributed by atoms with Crippen molar-refractivity contribution in [2.24, 2.45) is 5.73 Å². The van der Waals surface area contributed by atoms with E-state index in [1.54, 1.807) is 0 Å². The molecule has 3 nitrogen and oxygen atoms in total. The zero-order valence-electron chi connectivity index (χ0n) is 9.10. The van der Waals surface area contributed by atoms with Crippen molar-refractivity contribution in [1.82, 2.24) is 10.2 Å². The van der Waals surface area contributed by atoms with Gasteiger partial charge in [-0.2, -0.15) is 0 Å². The predicted molar refractivity (Wildman–Crippen MR) is 59.3 cm³/mol. The minimum atomic E-state index is 0.361. The lowest BCUT2D eigenvalue weighted by molar-refractivity contribution is 0.0463. The third kappa shape index (κ3) is 1.95. The van der Waals surface area contributed by atoms with Crippen molar-refractivity contribution in [1.29, 1.82) is 0 Å². The van der Waals surface area contributed by atoms with Gasteiger partial charge in [-0.3, -0.25) is 4.90 Å². The molecule has 1 saturated heterocycles. The highest BCUT2D eigenvalue weighted by molar-refractivity contribution is 4.95. The van der Waals surface area contributed by atoms with E-state index in [-0.39, 0.29) is 0 Å². The molecule has 1 saturated carbocycles. The Bertz CT molecular complexity index is 169. The first-order chi connectivity index (χ1) is 6.87. The van der Waals surface area contributed by atoms with Gasteiger partial charge in [0.15, 0.2) is 0 Å². The number of nitrogens with zero attached hydrogens (tertiary/aromatic N) is 1. The molecule has 0 aromatic carbocycles. The number of piperazine rings is 1. The molecule has 2 fully saturated rings. The summed E-state index contributed by atoms with van der Waals surface area (Å²) in [6, 6.07) is 0. The summed E-state index contributed by atoms with van der Waals surface area (Å²) in [7, 11) is 0. The second-order valence-electron chi connectivity index (χ2n) is 4.73. The predicted octanol–water partition coefficient (Wildman–Crippen LogP) is 0.553. The molecule has 0 amide bonds. The van der Waals surface area contributed by atoms with Gasteiger partial charge in [-0.25, -0.2) is 0 Å². The lowest BCUT2D eigenvalue weighted by atomic mass is 9.80. The minimum Gasteiger partial charge on any atom is -0.329 e. The number of hydrogen-bond donors (Lipinski definition) is 2. The van der Waals surface area contributed by atoms with Crippen LogP contribution in [0.2, 0.25) is 0 Å². The summed E-state index contributed by atoms with van der Waals surface area (Å²) >= 11 is 0. The summed E-state index contributed by atoms with van der Waals surface area (Å²) < 4.78 is 0. The average Bonchev–Trinajstić information content (AvgIpc) is 2.31. The van der Waals surface area contributed by atoms with Crippen molar-refractivity contribution in [2.75, 3.05) is 32.7 Å². The SMILES string of the molecule is NCC1(N2CCNCC2)CCCCC1. The molecule has 0 aromatic heterocycles. The molecule has 82 valence electrons. The van der Waals surface area contributed by atoms with Gasteiger partial charge in [0.1, 0.15) is 0 Å². The number of nitrogens with one attached hydrogen (secondary N) is 1. The number of rotatable bonds is 2. The van der Waals surface area contributed by atoms with Crippen molar-refractivity contribution in [2.45, 2.75) is 37.6 Å². The van der Waals surface area contributed by atoms with Gasteiger partial charge in [-0.1, -0.05) is 19.3 Å². The van der Waals surface area contributed by atoms with Crippen LogP contribution < -0.4 is 11.1 Å². The van der Waals surface area contributed by atoms with Crippen molar-refractivity contribution < 1.29 is 0 Å². The van der Waals surface area contributed by atoms with Crippen molar-refractivity contribution >= 4 is 0 Å². The quantitative estimate of drug-likeness (QED) is 0.679. The van der Waals surface area contributed by atoms with E-state index in [0.717, 1.165) is 19.6 Å². The second-order valence-corrected chi connectivity index (χ2v) is 4.73. The molecule has 14 heavy (non-hydrogen) atoms. The smallest absolute Gasteiger partial charge is 0.0332 e. The maximum Gasteiger partial charge on any atom is 0.0332 e. The van der Waals surface area contributed by atoms with Crippen LogP contribution in [0.1, 0.15) is 32.1 Å². The van der Waals surface area contributed by atoms with Gasteiger partial charge in [-0.05, 0) is 12.8 Å². The fourth-order valence-corrected chi connectivity index (χ4v) is 3.00. The van der Waals surface area contributed by atoms with Gasteiger partial charge in [0, 0.05) is 38.3 Å². The van der Waals surface area contributed by atoms with Crippen LogP contribution in [0.4, 0.5) is 0 Å². The summed E-state index contributed by atoms with van der Waals surface area (Å²) in [5.74, 6) is 0. The maximum atomic E-state index is 6.01. The fraction of sp³-hybridized carbons (Fsp3) is 1.00. The van der Waals surface area contributed by atoms with Gasteiger partial charge in [0.05, 0.1) is 0 Å². The average molecular weight is 197 g/mol. The largest absolute Gasteiger partial charge is 0.329 e. The van der Waals surface area contributed by atoms with Gasteiger partial charge >= 0.3 is 0 Å². The Balaban J connectivity index is 2.01. The Kier molecular flexibility index (Phi) is 3.42. The first kappa shape index (κ1) is 10.4. The van der Waals surface area contributed by atoms with Gasteiger partial charge in [0.2, 0.25) is 0 Å². The Morgan fingerprint density at radius 2 is 1.71 bits per heavy atom. The Morgan fingerprint density at radius 3 is 2.29 bits per heavy atom. The molecule has 0 radical (unpaired) electrons. The molecule has 0 bridgehead atoms. The van der Waals surface area contributed by atoms with Crippen LogP contribution in [-0.4, -0.2) is 43.2 Å². The van der Waals surface area contributed by atoms with Crippen LogP contribution in [0.25, 0.3) is 0 Å². The molecule has 3 N–H and O–H groups in total. The lowest BCUT2D eigenvalue weighted by Crippen LogP contribution is -2.60. The molecular weight excluding hydrogens is 174 g/mol. The molecule has 3 heteroatoms. The third-order valence-electron chi connectivity index (χ3n) is 3.95. The van der Waals surface area contributed by atoms with E-state index >= 15 is 0 Å². The normalized spacial score (nSPS) is 28.9. The van der Waals surface area contributed by atoms with Crippen LogP contribution >= 0.6 is 0 Å². The van der Waals surface area contributed by atoms with Gasteiger partial charge < -0.3 is 11.1 Å². The van der Waals surface area contributed by atoms with E-state index in [2.05, 4.69) is 10.2 Å². The standard InChI is InChI=1S/C11H23N3/c12-10-11(4-2-1-3-5-11)14-8-6-13-7-9-14/h13H,1-10,12H2. The van der Waals surface area contributed by atoms with Crippen LogP contribution in [0.5, 0.6) is 0 Å². The monoisotopic (exact) mass is 197 g/mol. The lowest BCUT2D eigenvalue weighted by Gasteiger charge is -2.47. The molecular formula is C11H23N3. The van der Waals surface area contributed by atoms with E-state index in [4.69, 9.17) is 5.73 Å². The Morgan fingerprint density at radius 1 is 1.07 bits per heavy atom. The van der Waals surface area contributed by atoms with Crippen LogP contribution in [-0.2, 0) is 0 Å². The summed E-state index contributed by atoms with van der Waals surface area (Å²) in [6.45, 7) is 5.52. The van der Waals surface area contributed by atoms with Crippen LogP contribution in [0, 0.1) is 0 Å². The molecule has 1 aliphatic carbocycles. The highest BCUT2D eigenvalue weighted by atomic mass is 15.2. The van der Waals surface area contributed by atoms with Gasteiger partial charge in [-0.15, -0.1) is 0 Å². The minimum absolute atomic E-state index is 0.361. The summed E-state index contributed by atoms with van der Waals surface area (Å²) in [5.41, 5.74) is 6.37. The molecule has 0 spiro atoms. The summed E-state index contributed by atoms with van der Waals surface area (Å²) in [4.78, 5) is 2.64. The summed E-state index contributed by atoms with van der Waals surface area (Å²) in [6.07, 6.45) is 6.81. The van der Waals surface area contributed by atoms with Gasteiger partial charge in [0.25, 0.3) is 0 Å². The molecule has 2 aliphatic rings. The molecule has 2 rings (SSSR count). The highest BCUT2D eigenvalue weighted by Gasteiger charge is 2.36. The zero-order chi connectivity index (χ0) is 9.86. The van der Waals surface area contributed by atoms with Crippen LogP contribution in [0.15, 0.2) is 0 Å². The Labute approximate surface area is 87.0 Å². The second kappa shape index (κ2) is 4.60. The topological polar surface area (TPSA) is 41.3 Å². The summed E-state index contributed by atoms with van der Waals surface area (Å²) in [5, 5.41) is 3.41. The third-order valence-corrected chi connectivity index (χ3v) is 3.95. The van der Waals surface area contributed by atoms with E-state index < -0.39 is 0 Å². The number of hydrogen-bond acceptors (Lipinski definition) is 3. The zero-order valence-corrected chi connectivity index (χ0v) is 9.10. The molecule has 0 unspecified atom stereocenters. The molecule has 0 atom stereocenters. The van der Waals surface area contributed by atoms with Crippen molar-refractivity contribution in [3.05, 3.63) is 0 Å². The first-order valence-corrected chi connectivity index (χ1v) is 6.03. The van der Waals surface area contributed by atoms with E-state index in [1.807, 2.05) is 0 Å². The maximum absolute atomic E-state index is 6.01. The van der Waals surface area contributed by atoms with Crippen molar-refractivity contribution in [3.8, 4) is 0 Å². The van der Waals surface area contributed by atoms with E-state index in [1.165, 1.54) is 45.2 Å². The van der Waals surface area contributed by atoms with Crippen LogP contribution in [0.3, 0.4) is 0 Å². The van der Waals surface area contributed by atoms with E-state index in [0.29, 0.717) is 5.54 Å². The molecule has 0 aromatic rings. The highest BCUT2D eigenvalue weighted by Crippen LogP contribution is 2.32. The van der Waals surface area contributed by atoms with Crippen molar-refractivity contribution in [3.63, 3.8) is 0 Å². The Hall–Kier alpha value is -0.120. The number of nitrogens with two attached hydrogens (primary N) is 1. The molecule has 1 heterocycles. The first-order valence-electron chi connectivity index (χ1n) is 6.03. The van der Waals surface area contributed by atoms with E-state index in [9.17, 15) is 0 Å². The molecule has 1 aliphatic heterocycles.